The highest BCUT2D eigenvalue weighted by Crippen LogP contribution is 2.26. The van der Waals surface area contributed by atoms with E-state index in [2.05, 4.69) is 20.6 Å². The van der Waals surface area contributed by atoms with Crippen LogP contribution in [-0.2, 0) is 0 Å². The van der Waals surface area contributed by atoms with Crippen molar-refractivity contribution in [2.45, 2.75) is 45.6 Å². The lowest BCUT2D eigenvalue weighted by atomic mass is 9.86. The van der Waals surface area contributed by atoms with E-state index in [0.717, 1.165) is 37.2 Å². The maximum Gasteiger partial charge on any atom is 0.251 e. The van der Waals surface area contributed by atoms with Gasteiger partial charge < -0.3 is 15.5 Å². The number of hydrogen-bond donors (Lipinski definition) is 2. The van der Waals surface area contributed by atoms with E-state index in [0.29, 0.717) is 35.6 Å². The maximum absolute atomic E-state index is 13.4. The highest BCUT2D eigenvalue weighted by atomic mass is 19.1. The first-order valence-electron chi connectivity index (χ1n) is 10.2. The number of carbonyl (C=O) groups excluding carboxylic acids is 1. The van der Waals surface area contributed by atoms with Crippen LogP contribution < -0.4 is 15.5 Å². The molecule has 2 N–H and O–H groups in total. The first-order chi connectivity index (χ1) is 13.8. The number of carbonyl (C=O) groups is 1. The van der Waals surface area contributed by atoms with Crippen LogP contribution in [0.5, 0.6) is 0 Å². The van der Waals surface area contributed by atoms with Crippen molar-refractivity contribution in [3.05, 3.63) is 46.9 Å². The van der Waals surface area contributed by atoms with Gasteiger partial charge in [0.15, 0.2) is 0 Å². The number of nitrogens with zero attached hydrogens (tertiary/aromatic N) is 3. The fourth-order valence-corrected chi connectivity index (χ4v) is 3.66. The van der Waals surface area contributed by atoms with E-state index in [9.17, 15) is 9.18 Å². The lowest BCUT2D eigenvalue weighted by Crippen LogP contribution is -2.34. The summed E-state index contributed by atoms with van der Waals surface area (Å²) in [5.74, 6) is 1.60. The van der Waals surface area contributed by atoms with Crippen molar-refractivity contribution in [3.8, 4) is 0 Å². The summed E-state index contributed by atoms with van der Waals surface area (Å²) < 4.78 is 13.4. The molecular weight excluding hydrogens is 369 g/mol. The topological polar surface area (TPSA) is 70.2 Å². The Bertz CT molecular complexity index is 862. The van der Waals surface area contributed by atoms with Gasteiger partial charge in [-0.15, -0.1) is 0 Å². The van der Waals surface area contributed by atoms with E-state index in [4.69, 9.17) is 0 Å². The Kier molecular flexibility index (Phi) is 6.67. The van der Waals surface area contributed by atoms with Gasteiger partial charge in [-0.3, -0.25) is 4.79 Å². The molecule has 0 saturated heterocycles. The Morgan fingerprint density at radius 2 is 1.86 bits per heavy atom. The molecule has 0 unspecified atom stereocenters. The van der Waals surface area contributed by atoms with Crippen LogP contribution in [-0.4, -0.2) is 42.6 Å². The molecule has 1 aliphatic rings. The quantitative estimate of drug-likeness (QED) is 0.775. The summed E-state index contributed by atoms with van der Waals surface area (Å²) in [4.78, 5) is 23.4. The molecule has 6 nitrogen and oxygen atoms in total. The van der Waals surface area contributed by atoms with Crippen LogP contribution in [0.1, 0.15) is 47.3 Å². The van der Waals surface area contributed by atoms with E-state index >= 15 is 0 Å². The molecule has 29 heavy (non-hydrogen) atoms. The van der Waals surface area contributed by atoms with Gasteiger partial charge in [0.2, 0.25) is 5.95 Å². The molecule has 0 bridgehead atoms. The van der Waals surface area contributed by atoms with Gasteiger partial charge >= 0.3 is 0 Å². The monoisotopic (exact) mass is 399 g/mol. The molecule has 156 valence electrons. The third-order valence-electron chi connectivity index (χ3n) is 5.45. The van der Waals surface area contributed by atoms with Crippen LogP contribution in [0.25, 0.3) is 0 Å². The molecule has 0 aliphatic heterocycles. The Morgan fingerprint density at radius 3 is 2.52 bits per heavy atom. The second kappa shape index (κ2) is 9.20. The van der Waals surface area contributed by atoms with Gasteiger partial charge in [-0.2, -0.15) is 4.98 Å². The normalized spacial score (nSPS) is 18.9. The number of aryl methyl sites for hydroxylation is 2. The van der Waals surface area contributed by atoms with Gasteiger partial charge in [0.05, 0.1) is 0 Å². The second-order valence-corrected chi connectivity index (χ2v) is 8.12. The molecule has 1 aromatic heterocycles. The van der Waals surface area contributed by atoms with Gasteiger partial charge in [-0.05, 0) is 69.2 Å². The molecule has 1 fully saturated rings. The minimum Gasteiger partial charge on any atom is -0.363 e. The molecule has 1 amide bonds. The smallest absolute Gasteiger partial charge is 0.251 e. The number of aromatic nitrogens is 2. The minimum atomic E-state index is -0.289. The van der Waals surface area contributed by atoms with Crippen molar-refractivity contribution in [3.63, 3.8) is 0 Å². The van der Waals surface area contributed by atoms with E-state index in [1.165, 1.54) is 12.1 Å². The average Bonchev–Trinajstić information content (AvgIpc) is 2.69. The van der Waals surface area contributed by atoms with E-state index in [-0.39, 0.29) is 11.7 Å². The van der Waals surface area contributed by atoms with E-state index in [1.54, 1.807) is 13.0 Å². The number of halogens is 1. The van der Waals surface area contributed by atoms with Gasteiger partial charge in [0.25, 0.3) is 5.91 Å². The molecule has 1 saturated carbocycles. The zero-order valence-corrected chi connectivity index (χ0v) is 17.6. The average molecular weight is 400 g/mol. The van der Waals surface area contributed by atoms with Crippen molar-refractivity contribution in [2.75, 3.05) is 30.9 Å². The zero-order chi connectivity index (χ0) is 21.0. The Labute approximate surface area is 171 Å². The van der Waals surface area contributed by atoms with Crippen molar-refractivity contribution < 1.29 is 9.18 Å². The van der Waals surface area contributed by atoms with E-state index in [1.807, 2.05) is 32.0 Å². The van der Waals surface area contributed by atoms with Crippen molar-refractivity contribution in [1.29, 1.82) is 0 Å². The number of amides is 1. The molecule has 2 aromatic rings. The van der Waals surface area contributed by atoms with Crippen LogP contribution in [0.4, 0.5) is 16.2 Å². The van der Waals surface area contributed by atoms with Crippen LogP contribution in [0.15, 0.2) is 24.3 Å². The second-order valence-electron chi connectivity index (χ2n) is 8.12. The summed E-state index contributed by atoms with van der Waals surface area (Å²) >= 11 is 0. The van der Waals surface area contributed by atoms with Crippen LogP contribution in [0.2, 0.25) is 0 Å². The van der Waals surface area contributed by atoms with Gasteiger partial charge in [0.1, 0.15) is 11.6 Å². The standard InChI is InChI=1S/C22H30FN5O/c1-14-11-17(7-10-19(14)23)21(29)24-13-16-5-8-18(9-6-16)26-22-25-15(2)12-20(27-22)28(3)4/h7,10-12,16,18H,5-6,8-9,13H2,1-4H3,(H,24,29)(H,25,26,27). The maximum atomic E-state index is 13.4. The predicted molar refractivity (Wildman–Crippen MR) is 114 cm³/mol. The van der Waals surface area contributed by atoms with Crippen molar-refractivity contribution in [2.24, 2.45) is 5.92 Å². The lowest BCUT2D eigenvalue weighted by molar-refractivity contribution is 0.0943. The zero-order valence-electron chi connectivity index (χ0n) is 17.6. The summed E-state index contributed by atoms with van der Waals surface area (Å²) in [7, 11) is 3.94. The number of rotatable bonds is 6. The molecule has 7 heteroatoms. The lowest BCUT2D eigenvalue weighted by Gasteiger charge is -2.29. The number of hydrogen-bond acceptors (Lipinski definition) is 5. The molecule has 1 aliphatic carbocycles. The first-order valence-corrected chi connectivity index (χ1v) is 10.2. The SMILES string of the molecule is Cc1cc(N(C)C)nc(NC2CCC(CNC(=O)c3ccc(F)c(C)c3)CC2)n1. The fourth-order valence-electron chi connectivity index (χ4n) is 3.66. The summed E-state index contributed by atoms with van der Waals surface area (Å²) in [6, 6.07) is 6.78. The van der Waals surface area contributed by atoms with Crippen LogP contribution >= 0.6 is 0 Å². The highest BCUT2D eigenvalue weighted by Gasteiger charge is 2.22. The van der Waals surface area contributed by atoms with Gasteiger partial charge in [0, 0.05) is 44.0 Å². The Hall–Kier alpha value is -2.70. The summed E-state index contributed by atoms with van der Waals surface area (Å²) in [5.41, 5.74) is 1.94. The van der Waals surface area contributed by atoms with Gasteiger partial charge in [-0.25, -0.2) is 9.37 Å². The number of nitrogens with one attached hydrogen (secondary N) is 2. The summed E-state index contributed by atoms with van der Waals surface area (Å²) in [6.45, 7) is 4.29. The fraction of sp³-hybridized carbons (Fsp3) is 0.500. The molecule has 0 spiro atoms. The Morgan fingerprint density at radius 1 is 1.14 bits per heavy atom. The number of anilines is 2. The summed E-state index contributed by atoms with van der Waals surface area (Å²) in [5, 5.41) is 6.46. The molecule has 1 heterocycles. The molecule has 3 rings (SSSR count). The highest BCUT2D eigenvalue weighted by molar-refractivity contribution is 5.94. The third kappa shape index (κ3) is 5.65. The van der Waals surface area contributed by atoms with Gasteiger partial charge in [-0.1, -0.05) is 0 Å². The van der Waals surface area contributed by atoms with E-state index < -0.39 is 0 Å². The van der Waals surface area contributed by atoms with Crippen molar-refractivity contribution in [1.82, 2.24) is 15.3 Å². The molecule has 1 aromatic carbocycles. The Balaban J connectivity index is 1.47. The predicted octanol–water partition coefficient (Wildman–Crippen LogP) is 3.70. The number of benzene rings is 1. The molecule has 0 atom stereocenters. The first kappa shape index (κ1) is 21.0. The molecule has 0 radical (unpaired) electrons. The van der Waals surface area contributed by atoms with Crippen LogP contribution in [0, 0.1) is 25.6 Å². The van der Waals surface area contributed by atoms with Crippen LogP contribution in [0.3, 0.4) is 0 Å². The minimum absolute atomic E-state index is 0.141. The van der Waals surface area contributed by atoms with Crippen molar-refractivity contribution >= 4 is 17.7 Å². The largest absolute Gasteiger partial charge is 0.363 e. The molecular formula is C22H30FN5O. The third-order valence-corrected chi connectivity index (χ3v) is 5.45. The summed E-state index contributed by atoms with van der Waals surface area (Å²) in [6.07, 6.45) is 4.11.